The van der Waals surface area contributed by atoms with Crippen LogP contribution in [-0.2, 0) is 0 Å². The molecule has 1 rings (SSSR count). The van der Waals surface area contributed by atoms with Crippen molar-refractivity contribution in [2.24, 2.45) is 0 Å². The van der Waals surface area contributed by atoms with Crippen molar-refractivity contribution >= 4 is 15.7 Å². The van der Waals surface area contributed by atoms with Crippen LogP contribution in [-0.4, -0.2) is 15.7 Å². The van der Waals surface area contributed by atoms with E-state index in [4.69, 9.17) is 15.7 Å². The summed E-state index contributed by atoms with van der Waals surface area (Å²) >= 11 is 0. The Kier molecular flexibility index (Phi) is 1.69. The molecule has 1 aliphatic rings. The maximum Gasteiger partial charge on any atom is 0.0620 e. The Morgan fingerprint density at radius 1 is 0.875 bits per heavy atom. The van der Waals surface area contributed by atoms with Crippen LogP contribution >= 0.6 is 0 Å². The maximum atomic E-state index is 5.66. The summed E-state index contributed by atoms with van der Waals surface area (Å²) < 4.78 is 0. The molecular formula is C6H10B2. The van der Waals surface area contributed by atoms with Crippen molar-refractivity contribution in [1.82, 2.24) is 0 Å². The Hall–Kier alpha value is 0.130. The predicted molar refractivity (Wildman–Crippen MR) is 37.3 cm³/mol. The van der Waals surface area contributed by atoms with Gasteiger partial charge in [0.15, 0.2) is 0 Å². The molecule has 1 aliphatic carbocycles. The zero-order valence-corrected chi connectivity index (χ0v) is 5.19. The van der Waals surface area contributed by atoms with Crippen LogP contribution in [0.5, 0.6) is 0 Å². The van der Waals surface area contributed by atoms with E-state index in [1.165, 1.54) is 19.3 Å². The highest BCUT2D eigenvalue weighted by Crippen LogP contribution is 2.35. The summed E-state index contributed by atoms with van der Waals surface area (Å²) in [5, 5.41) is -0.321. The van der Waals surface area contributed by atoms with Crippen molar-refractivity contribution < 1.29 is 0 Å². The molecule has 0 spiro atoms. The van der Waals surface area contributed by atoms with Crippen LogP contribution in [0, 0.1) is 0 Å². The van der Waals surface area contributed by atoms with Gasteiger partial charge in [0.1, 0.15) is 0 Å². The van der Waals surface area contributed by atoms with Crippen LogP contribution in [0.3, 0.4) is 0 Å². The highest BCUT2D eigenvalue weighted by atomic mass is 14.2. The molecule has 0 unspecified atom stereocenters. The predicted octanol–water partition coefficient (Wildman–Crippen LogP) is 1.40. The maximum absolute atomic E-state index is 5.66. The minimum Gasteiger partial charge on any atom is -0.0990 e. The van der Waals surface area contributed by atoms with Gasteiger partial charge in [0.05, 0.1) is 15.7 Å². The van der Waals surface area contributed by atoms with Gasteiger partial charge in [0.25, 0.3) is 0 Å². The lowest BCUT2D eigenvalue weighted by Crippen LogP contribution is -2.16. The standard InChI is InChI=1S/C6H10B2/c7-6(8)4-2-1-3-5-6/h1-5H2. The van der Waals surface area contributed by atoms with Crippen LogP contribution in [0.15, 0.2) is 0 Å². The summed E-state index contributed by atoms with van der Waals surface area (Å²) in [6, 6.07) is 0. The van der Waals surface area contributed by atoms with Gasteiger partial charge in [0, 0.05) is 0 Å². The molecule has 0 atom stereocenters. The smallest absolute Gasteiger partial charge is 0.0620 e. The molecular weight excluding hydrogens is 93.7 g/mol. The van der Waals surface area contributed by atoms with Gasteiger partial charge >= 0.3 is 0 Å². The number of hydrogen-bond donors (Lipinski definition) is 0. The van der Waals surface area contributed by atoms with Crippen molar-refractivity contribution in [3.63, 3.8) is 0 Å². The van der Waals surface area contributed by atoms with Gasteiger partial charge in [-0.3, -0.25) is 0 Å². The molecule has 0 nitrogen and oxygen atoms in total. The number of hydrogen-bond acceptors (Lipinski definition) is 0. The van der Waals surface area contributed by atoms with Crippen LogP contribution in [0.2, 0.25) is 5.21 Å². The molecule has 2 heteroatoms. The third-order valence-electron chi connectivity index (χ3n) is 1.78. The first kappa shape index (κ1) is 6.25. The van der Waals surface area contributed by atoms with E-state index in [2.05, 4.69) is 0 Å². The summed E-state index contributed by atoms with van der Waals surface area (Å²) in [4.78, 5) is 0. The fourth-order valence-corrected chi connectivity index (χ4v) is 1.21. The summed E-state index contributed by atoms with van der Waals surface area (Å²) in [6.07, 6.45) is 5.76. The molecule has 40 valence electrons. The molecule has 1 fully saturated rings. The lowest BCUT2D eigenvalue weighted by atomic mass is 9.48. The molecule has 1 saturated carbocycles. The van der Waals surface area contributed by atoms with E-state index in [0.717, 1.165) is 12.8 Å². The van der Waals surface area contributed by atoms with E-state index in [1.807, 2.05) is 0 Å². The van der Waals surface area contributed by atoms with E-state index in [0.29, 0.717) is 0 Å². The van der Waals surface area contributed by atoms with Gasteiger partial charge in [-0.2, -0.15) is 0 Å². The molecule has 0 heterocycles. The third kappa shape index (κ3) is 1.57. The molecule has 0 aromatic rings. The lowest BCUT2D eigenvalue weighted by Gasteiger charge is -2.29. The van der Waals surface area contributed by atoms with E-state index in [1.54, 1.807) is 0 Å². The third-order valence-corrected chi connectivity index (χ3v) is 1.78. The largest absolute Gasteiger partial charge is 0.0990 e. The van der Waals surface area contributed by atoms with E-state index in [9.17, 15) is 0 Å². The van der Waals surface area contributed by atoms with Crippen LogP contribution in [0.4, 0.5) is 0 Å². The fourth-order valence-electron chi connectivity index (χ4n) is 1.21. The monoisotopic (exact) mass is 104 g/mol. The molecule has 0 aromatic carbocycles. The topological polar surface area (TPSA) is 0 Å². The van der Waals surface area contributed by atoms with Gasteiger partial charge in [-0.1, -0.05) is 37.3 Å². The molecule has 0 aromatic heterocycles. The Bertz CT molecular complexity index is 70.6. The normalized spacial score (nSPS) is 27.5. The Morgan fingerprint density at radius 3 is 1.62 bits per heavy atom. The second kappa shape index (κ2) is 2.16. The Balaban J connectivity index is 2.33. The molecule has 0 saturated heterocycles. The average Bonchev–Trinajstić information content (AvgIpc) is 1.65. The second-order valence-corrected chi connectivity index (χ2v) is 2.79. The Morgan fingerprint density at radius 2 is 1.38 bits per heavy atom. The van der Waals surface area contributed by atoms with Gasteiger partial charge in [-0.15, -0.1) is 0 Å². The molecule has 0 N–H and O–H groups in total. The number of rotatable bonds is 0. The zero-order chi connectivity index (χ0) is 6.04. The van der Waals surface area contributed by atoms with Crippen LogP contribution in [0.25, 0.3) is 0 Å². The van der Waals surface area contributed by atoms with Crippen molar-refractivity contribution in [1.29, 1.82) is 0 Å². The second-order valence-electron chi connectivity index (χ2n) is 2.79. The first-order valence-corrected chi connectivity index (χ1v) is 3.28. The van der Waals surface area contributed by atoms with E-state index >= 15 is 0 Å². The van der Waals surface area contributed by atoms with Crippen molar-refractivity contribution in [2.75, 3.05) is 0 Å². The summed E-state index contributed by atoms with van der Waals surface area (Å²) in [6.45, 7) is 0. The van der Waals surface area contributed by atoms with Crippen molar-refractivity contribution in [2.45, 2.75) is 37.3 Å². The summed E-state index contributed by atoms with van der Waals surface area (Å²) in [7, 11) is 11.3. The van der Waals surface area contributed by atoms with Crippen molar-refractivity contribution in [3.05, 3.63) is 0 Å². The van der Waals surface area contributed by atoms with Gasteiger partial charge < -0.3 is 0 Å². The van der Waals surface area contributed by atoms with Crippen LogP contribution < -0.4 is 0 Å². The minimum absolute atomic E-state index is 0.321. The summed E-state index contributed by atoms with van der Waals surface area (Å²) in [5.74, 6) is 0. The molecule has 8 heavy (non-hydrogen) atoms. The quantitative estimate of drug-likeness (QED) is 0.407. The highest BCUT2D eigenvalue weighted by Gasteiger charge is 2.18. The first-order chi connectivity index (χ1) is 3.71. The summed E-state index contributed by atoms with van der Waals surface area (Å²) in [5.41, 5.74) is 0. The SMILES string of the molecule is [B]C1([B])CCCCC1. The van der Waals surface area contributed by atoms with Crippen molar-refractivity contribution in [3.8, 4) is 0 Å². The average molecular weight is 104 g/mol. The Labute approximate surface area is 53.9 Å². The van der Waals surface area contributed by atoms with Gasteiger partial charge in [0.2, 0.25) is 0 Å². The molecule has 0 bridgehead atoms. The molecule has 0 amide bonds. The molecule has 4 radical (unpaired) electrons. The molecule has 0 aliphatic heterocycles. The van der Waals surface area contributed by atoms with E-state index < -0.39 is 0 Å². The van der Waals surface area contributed by atoms with Gasteiger partial charge in [-0.25, -0.2) is 0 Å². The zero-order valence-electron chi connectivity index (χ0n) is 5.19. The fraction of sp³-hybridized carbons (Fsp3) is 1.00. The van der Waals surface area contributed by atoms with Crippen LogP contribution in [0.1, 0.15) is 32.1 Å². The van der Waals surface area contributed by atoms with Gasteiger partial charge in [-0.05, 0) is 0 Å². The highest BCUT2D eigenvalue weighted by molar-refractivity contribution is 6.39. The lowest BCUT2D eigenvalue weighted by molar-refractivity contribution is 0.470. The first-order valence-electron chi connectivity index (χ1n) is 3.28. The minimum atomic E-state index is -0.321. The van der Waals surface area contributed by atoms with E-state index in [-0.39, 0.29) is 5.21 Å².